The number of methoxy groups -OCH3 is 1. The van der Waals surface area contributed by atoms with Crippen molar-refractivity contribution in [2.75, 3.05) is 20.3 Å². The lowest BCUT2D eigenvalue weighted by Crippen LogP contribution is -2.57. The van der Waals surface area contributed by atoms with Crippen LogP contribution in [0.2, 0.25) is 0 Å². The first-order valence-electron chi connectivity index (χ1n) is 12.1. The first kappa shape index (κ1) is 25.2. The van der Waals surface area contributed by atoms with Gasteiger partial charge in [0, 0.05) is 62.1 Å². The van der Waals surface area contributed by atoms with E-state index >= 15 is 0 Å². The monoisotopic (exact) mass is 487 g/mol. The number of hydrogen-bond acceptors (Lipinski definition) is 9. The van der Waals surface area contributed by atoms with Gasteiger partial charge in [-0.25, -0.2) is 4.79 Å². The van der Waals surface area contributed by atoms with Gasteiger partial charge in [0.25, 0.3) is 0 Å². The lowest BCUT2D eigenvalue weighted by molar-refractivity contribution is -0.160. The fourth-order valence-electron chi connectivity index (χ4n) is 6.41. The summed E-state index contributed by atoms with van der Waals surface area (Å²) in [6, 6.07) is 0. The zero-order chi connectivity index (χ0) is 25.7. The first-order valence-corrected chi connectivity index (χ1v) is 12.1. The van der Waals surface area contributed by atoms with Crippen LogP contribution in [-0.2, 0) is 33.4 Å². The molecule has 0 aromatic carbocycles. The number of aliphatic hydroxyl groups is 1. The number of aliphatic hydroxyl groups excluding tert-OH is 1. The summed E-state index contributed by atoms with van der Waals surface area (Å²) in [7, 11) is 1.47. The lowest BCUT2D eigenvalue weighted by Gasteiger charge is -2.53. The minimum absolute atomic E-state index is 0.00582. The third kappa shape index (κ3) is 3.63. The van der Waals surface area contributed by atoms with Gasteiger partial charge in [0.2, 0.25) is 5.78 Å². The van der Waals surface area contributed by atoms with Crippen molar-refractivity contribution in [1.82, 2.24) is 5.32 Å². The second-order valence-corrected chi connectivity index (χ2v) is 10.2. The second-order valence-electron chi connectivity index (χ2n) is 10.2. The van der Waals surface area contributed by atoms with E-state index in [1.165, 1.54) is 20.2 Å². The van der Waals surface area contributed by atoms with E-state index in [0.29, 0.717) is 30.5 Å². The Bertz CT molecular complexity index is 1080. The highest BCUT2D eigenvalue weighted by Crippen LogP contribution is 2.62. The quantitative estimate of drug-likeness (QED) is 0.330. The Morgan fingerprint density at radius 1 is 1.29 bits per heavy atom. The minimum Gasteiger partial charge on any atom is -0.504 e. The average molecular weight is 488 g/mol. The predicted octanol–water partition coefficient (Wildman–Crippen LogP) is 2.46. The van der Waals surface area contributed by atoms with Crippen molar-refractivity contribution >= 4 is 23.5 Å². The molecule has 4 rings (SSSR count). The first-order chi connectivity index (χ1) is 16.5. The van der Waals surface area contributed by atoms with Crippen LogP contribution in [0.25, 0.3) is 0 Å². The maximum absolute atomic E-state index is 13.8. The minimum atomic E-state index is -1.22. The molecule has 0 aromatic heterocycles. The van der Waals surface area contributed by atoms with E-state index in [2.05, 4.69) is 5.32 Å². The van der Waals surface area contributed by atoms with Gasteiger partial charge in [0.15, 0.2) is 5.76 Å². The molecule has 1 saturated carbocycles. The molecule has 2 N–H and O–H groups in total. The summed E-state index contributed by atoms with van der Waals surface area (Å²) >= 11 is 0. The molecule has 0 bridgehead atoms. The number of nitrogens with one attached hydrogen (secondary N) is 1. The van der Waals surface area contributed by atoms with E-state index in [1.807, 2.05) is 6.92 Å². The molecule has 0 spiro atoms. The normalized spacial score (nSPS) is 35.5. The second kappa shape index (κ2) is 8.93. The van der Waals surface area contributed by atoms with Crippen LogP contribution in [0.3, 0.4) is 0 Å². The molecule has 2 fully saturated rings. The van der Waals surface area contributed by atoms with Crippen LogP contribution in [0.1, 0.15) is 53.4 Å². The van der Waals surface area contributed by atoms with E-state index in [0.717, 1.165) is 6.42 Å². The molecule has 9 nitrogen and oxygen atoms in total. The number of carbonyl (C=O) groups excluding carboxylic acids is 4. The highest BCUT2D eigenvalue weighted by atomic mass is 16.6. The molecule has 5 atom stereocenters. The number of ketones is 2. The Balaban J connectivity index is 2.00. The van der Waals surface area contributed by atoms with E-state index in [-0.39, 0.29) is 30.0 Å². The number of carbonyl (C=O) groups is 4. The zero-order valence-corrected chi connectivity index (χ0v) is 20.9. The van der Waals surface area contributed by atoms with Crippen LogP contribution in [0.4, 0.5) is 0 Å². The molecular weight excluding hydrogens is 454 g/mol. The molecular formula is C26H33NO8. The summed E-state index contributed by atoms with van der Waals surface area (Å²) in [5.41, 5.74) is -1.16. The molecule has 0 unspecified atom stereocenters. The van der Waals surface area contributed by atoms with Gasteiger partial charge in [0.1, 0.15) is 18.0 Å². The molecule has 4 aliphatic rings. The Hall–Kier alpha value is -2.94. The predicted molar refractivity (Wildman–Crippen MR) is 124 cm³/mol. The van der Waals surface area contributed by atoms with E-state index in [1.54, 1.807) is 13.8 Å². The molecule has 1 heterocycles. The van der Waals surface area contributed by atoms with Gasteiger partial charge in [-0.2, -0.15) is 0 Å². The van der Waals surface area contributed by atoms with Crippen molar-refractivity contribution < 1.29 is 38.5 Å². The largest absolute Gasteiger partial charge is 0.504 e. The zero-order valence-electron chi connectivity index (χ0n) is 20.9. The van der Waals surface area contributed by atoms with Crippen molar-refractivity contribution in [3.05, 3.63) is 34.3 Å². The Labute approximate surface area is 204 Å². The van der Waals surface area contributed by atoms with Gasteiger partial charge in [-0.1, -0.05) is 13.8 Å². The van der Waals surface area contributed by atoms with E-state index in [4.69, 9.17) is 14.2 Å². The van der Waals surface area contributed by atoms with Crippen LogP contribution in [0.15, 0.2) is 34.3 Å². The summed E-state index contributed by atoms with van der Waals surface area (Å²) in [6.45, 7) is 7.39. The summed E-state index contributed by atoms with van der Waals surface area (Å²) in [4.78, 5) is 51.9. The Kier molecular flexibility index (Phi) is 6.42. The highest BCUT2D eigenvalue weighted by Gasteiger charge is 2.64. The number of Topliss-reactive ketones (excluding diaryl/α,β-unsaturated/α-hetero) is 2. The standard InChI is InChI=1S/C26H33NO8/c1-6-9-27-11-14-20-23(31)22(30)19-15-7-8-17(29)25(15,3)10-16(34-13(2)28)21(19)26(20,4)18(12-33-5)35-24(14)32/h11,15-16,18,27,31H,6-10,12H2,1-5H3/b14-11-/t15-,16+,18+,25-,26-/m0/s1. The number of hydrogen-bond donors (Lipinski definition) is 2. The van der Waals surface area contributed by atoms with Crippen molar-refractivity contribution in [1.29, 1.82) is 0 Å². The van der Waals surface area contributed by atoms with Crippen molar-refractivity contribution in [2.45, 2.75) is 65.6 Å². The number of cyclic esters (lactones) is 1. The molecule has 35 heavy (non-hydrogen) atoms. The molecule has 190 valence electrons. The van der Waals surface area contributed by atoms with Crippen LogP contribution in [0, 0.1) is 16.7 Å². The Morgan fingerprint density at radius 3 is 2.63 bits per heavy atom. The fourth-order valence-corrected chi connectivity index (χ4v) is 6.41. The Morgan fingerprint density at radius 2 is 2.00 bits per heavy atom. The van der Waals surface area contributed by atoms with Crippen molar-refractivity contribution in [3.8, 4) is 0 Å². The van der Waals surface area contributed by atoms with Gasteiger partial charge in [-0.15, -0.1) is 0 Å². The third-order valence-corrected chi connectivity index (χ3v) is 8.06. The summed E-state index contributed by atoms with van der Waals surface area (Å²) in [5.74, 6) is -2.85. The summed E-state index contributed by atoms with van der Waals surface area (Å²) < 4.78 is 16.9. The molecule has 0 aromatic rings. The van der Waals surface area contributed by atoms with Crippen molar-refractivity contribution in [3.63, 3.8) is 0 Å². The maximum Gasteiger partial charge on any atom is 0.340 e. The topological polar surface area (TPSA) is 128 Å². The molecule has 1 aliphatic heterocycles. The summed E-state index contributed by atoms with van der Waals surface area (Å²) in [5, 5.41) is 14.4. The van der Waals surface area contributed by atoms with E-state index < -0.39 is 52.4 Å². The summed E-state index contributed by atoms with van der Waals surface area (Å²) in [6.07, 6.45) is 1.44. The molecule has 0 amide bonds. The number of allylic oxidation sites excluding steroid dienone is 1. The SMILES string of the molecule is CCCN/C=C1\C(=O)O[C@H](COC)[C@@]2(C)C1=C(O)C(=O)C1=C2[C@H](OC(C)=O)C[C@]2(C)C(=O)CC[C@@H]12. The van der Waals surface area contributed by atoms with Crippen molar-refractivity contribution in [2.24, 2.45) is 16.7 Å². The van der Waals surface area contributed by atoms with Crippen LogP contribution < -0.4 is 5.32 Å². The van der Waals surface area contributed by atoms with Crippen LogP contribution >= 0.6 is 0 Å². The van der Waals surface area contributed by atoms with Crippen LogP contribution in [-0.4, -0.2) is 61.1 Å². The molecule has 1 saturated heterocycles. The van der Waals surface area contributed by atoms with Gasteiger partial charge in [-0.05, 0) is 25.3 Å². The molecule has 0 radical (unpaired) electrons. The van der Waals surface area contributed by atoms with Gasteiger partial charge in [0.05, 0.1) is 17.6 Å². The van der Waals surface area contributed by atoms with Crippen LogP contribution in [0.5, 0.6) is 0 Å². The molecule has 9 heteroatoms. The van der Waals surface area contributed by atoms with Gasteiger partial charge >= 0.3 is 11.9 Å². The third-order valence-electron chi connectivity index (χ3n) is 8.06. The van der Waals surface area contributed by atoms with E-state index in [9.17, 15) is 24.3 Å². The molecule has 3 aliphatic carbocycles. The fraction of sp³-hybridized carbons (Fsp3) is 0.615. The number of fused-ring (bicyclic) bond motifs is 4. The lowest BCUT2D eigenvalue weighted by atomic mass is 9.53. The number of rotatable bonds is 6. The van der Waals surface area contributed by atoms with Gasteiger partial charge in [-0.3, -0.25) is 14.4 Å². The average Bonchev–Trinajstić information content (AvgIpc) is 3.08. The van der Waals surface area contributed by atoms with Gasteiger partial charge < -0.3 is 24.6 Å². The number of esters is 2. The number of ether oxygens (including phenoxy) is 3. The highest BCUT2D eigenvalue weighted by molar-refractivity contribution is 6.14. The smallest absolute Gasteiger partial charge is 0.340 e. The maximum atomic E-state index is 13.8.